The number of hydrogen-bond acceptors (Lipinski definition) is 2. The zero-order valence-electron chi connectivity index (χ0n) is 20.0. The Kier molecular flexibility index (Phi) is 22.0. The lowest BCUT2D eigenvalue weighted by Gasteiger charge is -2.13. The molecule has 0 N–H and O–H groups in total. The van der Waals surface area contributed by atoms with E-state index in [4.69, 9.17) is 9.53 Å². The summed E-state index contributed by atoms with van der Waals surface area (Å²) in [7, 11) is 1.65. The number of aldehydes is 1. The second-order valence-electron chi connectivity index (χ2n) is 6.87. The van der Waals surface area contributed by atoms with Crippen LogP contribution in [0.25, 0.3) is 0 Å². The van der Waals surface area contributed by atoms with E-state index in [1.807, 2.05) is 32.1 Å². The molecule has 0 aromatic heterocycles. The molecule has 2 nitrogen and oxygen atoms in total. The third kappa shape index (κ3) is 17.5. The minimum Gasteiger partial charge on any atom is -0.496 e. The molecule has 0 aromatic carbocycles. The molecule has 0 aliphatic heterocycles. The van der Waals surface area contributed by atoms with Crippen LogP contribution in [-0.4, -0.2) is 13.4 Å². The summed E-state index contributed by atoms with van der Waals surface area (Å²) in [6.07, 6.45) is 11.0. The van der Waals surface area contributed by atoms with Gasteiger partial charge in [0, 0.05) is 0 Å². The molecule has 0 saturated carbocycles. The number of hydrogen-bond donors (Lipinski definition) is 0. The summed E-state index contributed by atoms with van der Waals surface area (Å²) >= 11 is 0. The molecule has 0 aromatic rings. The first-order chi connectivity index (χ1) is 13.6. The van der Waals surface area contributed by atoms with Crippen molar-refractivity contribution < 1.29 is 9.53 Å². The molecular weight excluding hydrogens is 356 g/mol. The van der Waals surface area contributed by atoms with Crippen LogP contribution in [0, 0.1) is 11.8 Å². The number of methoxy groups -OCH3 is 1. The van der Waals surface area contributed by atoms with Gasteiger partial charge in [-0.25, -0.2) is 0 Å². The van der Waals surface area contributed by atoms with E-state index in [1.165, 1.54) is 12.5 Å². The van der Waals surface area contributed by atoms with E-state index in [9.17, 15) is 0 Å². The zero-order valence-corrected chi connectivity index (χ0v) is 20.0. The molecule has 0 fully saturated rings. The molecule has 164 valence electrons. The van der Waals surface area contributed by atoms with Crippen molar-refractivity contribution in [3.63, 3.8) is 0 Å². The fourth-order valence-corrected chi connectivity index (χ4v) is 1.98. The lowest BCUT2D eigenvalue weighted by molar-refractivity contribution is -0.104. The van der Waals surface area contributed by atoms with Gasteiger partial charge in [-0.1, -0.05) is 98.6 Å². The van der Waals surface area contributed by atoms with E-state index in [1.54, 1.807) is 7.11 Å². The van der Waals surface area contributed by atoms with Crippen LogP contribution in [0.1, 0.15) is 60.8 Å². The van der Waals surface area contributed by atoms with Gasteiger partial charge in [0.25, 0.3) is 0 Å². The maximum atomic E-state index is 9.06. The third-order valence-electron chi connectivity index (χ3n) is 4.12. The van der Waals surface area contributed by atoms with Crippen molar-refractivity contribution in [3.8, 4) is 0 Å². The first-order valence-corrected chi connectivity index (χ1v) is 10.4. The maximum absolute atomic E-state index is 9.06. The van der Waals surface area contributed by atoms with E-state index in [0.717, 1.165) is 46.8 Å². The molecule has 1 atom stereocenters. The molecule has 0 bridgehead atoms. The molecule has 0 heterocycles. The summed E-state index contributed by atoms with van der Waals surface area (Å²) < 4.78 is 5.36. The van der Waals surface area contributed by atoms with Gasteiger partial charge in [0.15, 0.2) is 0 Å². The van der Waals surface area contributed by atoms with Gasteiger partial charge in [-0.3, -0.25) is 4.79 Å². The average Bonchev–Trinajstić information content (AvgIpc) is 2.74. The van der Waals surface area contributed by atoms with E-state index < -0.39 is 0 Å². The van der Waals surface area contributed by atoms with Gasteiger partial charge >= 0.3 is 0 Å². The fraction of sp³-hybridized carbons (Fsp3) is 0.444. The molecule has 0 amide bonds. The van der Waals surface area contributed by atoms with Gasteiger partial charge in [0.1, 0.15) is 12.0 Å². The van der Waals surface area contributed by atoms with Crippen LogP contribution in [0.2, 0.25) is 0 Å². The van der Waals surface area contributed by atoms with E-state index in [2.05, 4.69) is 60.6 Å². The van der Waals surface area contributed by atoms with Gasteiger partial charge in [-0.05, 0) is 53.5 Å². The predicted octanol–water partition coefficient (Wildman–Crippen LogP) is 8.18. The minimum atomic E-state index is 0.486. The first-order valence-electron chi connectivity index (χ1n) is 10.4. The predicted molar refractivity (Wildman–Crippen MR) is 132 cm³/mol. The van der Waals surface area contributed by atoms with Crippen molar-refractivity contribution in [2.75, 3.05) is 7.11 Å². The molecule has 0 radical (unpaired) electrons. The number of rotatable bonds is 12. The Morgan fingerprint density at radius 2 is 1.48 bits per heavy atom. The highest BCUT2D eigenvalue weighted by Crippen LogP contribution is 2.21. The Labute approximate surface area is 181 Å². The van der Waals surface area contributed by atoms with Crippen LogP contribution in [0.15, 0.2) is 85.3 Å². The van der Waals surface area contributed by atoms with Crippen LogP contribution >= 0.6 is 0 Å². The lowest BCUT2D eigenvalue weighted by Crippen LogP contribution is -1.99. The quantitative estimate of drug-likeness (QED) is 0.143. The average molecular weight is 401 g/mol. The monoisotopic (exact) mass is 400 g/mol. The van der Waals surface area contributed by atoms with Crippen molar-refractivity contribution in [2.45, 2.75) is 60.8 Å². The van der Waals surface area contributed by atoms with E-state index in [0.29, 0.717) is 12.2 Å². The van der Waals surface area contributed by atoms with Gasteiger partial charge in [0.05, 0.1) is 7.11 Å². The molecule has 29 heavy (non-hydrogen) atoms. The van der Waals surface area contributed by atoms with Crippen LogP contribution in [-0.2, 0) is 9.53 Å². The summed E-state index contributed by atoms with van der Waals surface area (Å²) in [6.45, 7) is 32.2. The van der Waals surface area contributed by atoms with Crippen molar-refractivity contribution in [1.82, 2.24) is 0 Å². The standard InChI is InChI=1S/C22H34O.C3H4O.C2H6/c1-10-17(4)22(23-9)15-21(8)20(7)14-13-19(6)18(5)12-11-16(2)3;1-2-3-4;1-2/h13-16,18H,4,6-8,10-12H2,1-3,5,9H3;2-3H,1H2;1-2H3/b14-13-,22-15+;;. The largest absolute Gasteiger partial charge is 0.496 e. The van der Waals surface area contributed by atoms with E-state index in [-0.39, 0.29) is 0 Å². The molecule has 0 aliphatic rings. The second-order valence-corrected chi connectivity index (χ2v) is 6.87. The van der Waals surface area contributed by atoms with E-state index >= 15 is 0 Å². The number of ether oxygens (including phenoxy) is 1. The lowest BCUT2D eigenvalue weighted by atomic mass is 9.93. The molecule has 0 spiro atoms. The summed E-state index contributed by atoms with van der Waals surface area (Å²) in [6, 6.07) is 0. The summed E-state index contributed by atoms with van der Waals surface area (Å²) in [5.41, 5.74) is 3.78. The zero-order chi connectivity index (χ0) is 23.4. The van der Waals surface area contributed by atoms with Gasteiger partial charge in [0.2, 0.25) is 0 Å². The highest BCUT2D eigenvalue weighted by atomic mass is 16.5. The minimum absolute atomic E-state index is 0.486. The van der Waals surface area contributed by atoms with Crippen molar-refractivity contribution in [1.29, 1.82) is 0 Å². The van der Waals surface area contributed by atoms with Gasteiger partial charge in [-0.2, -0.15) is 0 Å². The molecule has 0 aliphatic carbocycles. The second kappa shape index (κ2) is 20.4. The molecular formula is C27H44O2. The van der Waals surface area contributed by atoms with Gasteiger partial charge < -0.3 is 4.74 Å². The Balaban J connectivity index is -0.000000994. The summed E-state index contributed by atoms with van der Waals surface area (Å²) in [5.74, 6) is 1.98. The highest BCUT2D eigenvalue weighted by molar-refractivity contribution is 5.63. The number of carbonyl (C=O) groups excluding carboxylic acids is 1. The van der Waals surface area contributed by atoms with Crippen LogP contribution in [0.4, 0.5) is 0 Å². The SMILES string of the molecule is C=C(/C=C\C(=C)C(C)CCC(C)C)C(=C)/C=C(/OC)C(=C)CC.C=CC=O.CC. The summed E-state index contributed by atoms with van der Waals surface area (Å²) in [4.78, 5) is 9.06. The Bertz CT molecular complexity index is 580. The van der Waals surface area contributed by atoms with Crippen molar-refractivity contribution >= 4 is 6.29 Å². The highest BCUT2D eigenvalue weighted by Gasteiger charge is 2.06. The Morgan fingerprint density at radius 3 is 1.86 bits per heavy atom. The summed E-state index contributed by atoms with van der Waals surface area (Å²) in [5, 5.41) is 0. The Hall–Kier alpha value is -2.35. The maximum Gasteiger partial charge on any atom is 0.142 e. The van der Waals surface area contributed by atoms with Crippen molar-refractivity contribution in [3.05, 3.63) is 85.3 Å². The van der Waals surface area contributed by atoms with Crippen LogP contribution in [0.5, 0.6) is 0 Å². The molecule has 1 unspecified atom stereocenters. The Morgan fingerprint density at radius 1 is 0.966 bits per heavy atom. The number of carbonyl (C=O) groups is 1. The first kappa shape index (κ1) is 31.3. The third-order valence-corrected chi connectivity index (χ3v) is 4.12. The smallest absolute Gasteiger partial charge is 0.142 e. The molecule has 2 heteroatoms. The van der Waals surface area contributed by atoms with Crippen LogP contribution < -0.4 is 0 Å². The van der Waals surface area contributed by atoms with Gasteiger partial charge in [-0.15, -0.1) is 0 Å². The topological polar surface area (TPSA) is 26.3 Å². The normalized spacial score (nSPS) is 11.4. The van der Waals surface area contributed by atoms with Crippen molar-refractivity contribution in [2.24, 2.45) is 11.8 Å². The molecule has 0 rings (SSSR count). The number of allylic oxidation sites excluding steroid dienone is 8. The fourth-order valence-electron chi connectivity index (χ4n) is 1.98. The van der Waals surface area contributed by atoms with Crippen LogP contribution in [0.3, 0.4) is 0 Å². The molecule has 0 saturated heterocycles.